The normalized spacial score (nSPS) is 10.9. The summed E-state index contributed by atoms with van der Waals surface area (Å²) in [7, 11) is 1.57. The number of amides is 2. The molecule has 2 N–H and O–H groups in total. The highest BCUT2D eigenvalue weighted by Crippen LogP contribution is 2.03. The fourth-order valence-electron chi connectivity index (χ4n) is 1.46. The van der Waals surface area contributed by atoms with Gasteiger partial charge in [0, 0.05) is 19.2 Å². The Bertz CT molecular complexity index is 438. The van der Waals surface area contributed by atoms with Gasteiger partial charge in [-0.2, -0.15) is 0 Å². The minimum Gasteiger partial charge on any atom is -0.389 e. The predicted octanol–water partition coefficient (Wildman–Crippen LogP) is 0.646. The van der Waals surface area contributed by atoms with Crippen molar-refractivity contribution in [2.24, 2.45) is 0 Å². The van der Waals surface area contributed by atoms with Crippen LogP contribution in [0.3, 0.4) is 0 Å². The molecule has 0 bridgehead atoms. The van der Waals surface area contributed by atoms with Crippen LogP contribution in [-0.4, -0.2) is 47.6 Å². The molecule has 2 amide bonds. The largest absolute Gasteiger partial charge is 0.389 e. The molecule has 1 aromatic rings. The van der Waals surface area contributed by atoms with Crippen molar-refractivity contribution in [3.8, 4) is 0 Å². The van der Waals surface area contributed by atoms with E-state index in [-0.39, 0.29) is 24.9 Å². The Labute approximate surface area is 113 Å². The second kappa shape index (κ2) is 6.33. The number of benzene rings is 1. The third-order valence-electron chi connectivity index (χ3n) is 2.47. The van der Waals surface area contributed by atoms with E-state index in [2.05, 4.69) is 5.32 Å². The van der Waals surface area contributed by atoms with Crippen LogP contribution in [0.15, 0.2) is 30.3 Å². The molecule has 0 atom stereocenters. The quantitative estimate of drug-likeness (QED) is 0.820. The number of nitrogens with one attached hydrogen (secondary N) is 1. The van der Waals surface area contributed by atoms with Crippen LogP contribution in [0.25, 0.3) is 0 Å². The molecular formula is C14H20N2O3. The van der Waals surface area contributed by atoms with Gasteiger partial charge in [-0.1, -0.05) is 18.2 Å². The van der Waals surface area contributed by atoms with Gasteiger partial charge >= 0.3 is 0 Å². The summed E-state index contributed by atoms with van der Waals surface area (Å²) in [6.07, 6.45) is 0. The minimum absolute atomic E-state index is 0.0379. The van der Waals surface area contributed by atoms with Crippen molar-refractivity contribution in [3.63, 3.8) is 0 Å². The lowest BCUT2D eigenvalue weighted by Gasteiger charge is -2.20. The van der Waals surface area contributed by atoms with Gasteiger partial charge < -0.3 is 15.3 Å². The summed E-state index contributed by atoms with van der Waals surface area (Å²) in [6, 6.07) is 8.78. The van der Waals surface area contributed by atoms with Crippen molar-refractivity contribution in [1.82, 2.24) is 10.2 Å². The van der Waals surface area contributed by atoms with E-state index in [1.165, 1.54) is 4.90 Å². The Morgan fingerprint density at radius 2 is 1.84 bits per heavy atom. The molecule has 0 aliphatic heterocycles. The number of carbonyl (C=O) groups is 2. The molecule has 0 heterocycles. The molecule has 0 unspecified atom stereocenters. The number of nitrogens with zero attached hydrogens (tertiary/aromatic N) is 1. The summed E-state index contributed by atoms with van der Waals surface area (Å²) < 4.78 is 0. The van der Waals surface area contributed by atoms with Gasteiger partial charge in [0.15, 0.2) is 0 Å². The van der Waals surface area contributed by atoms with E-state index < -0.39 is 5.60 Å². The molecule has 0 fully saturated rings. The van der Waals surface area contributed by atoms with E-state index in [4.69, 9.17) is 0 Å². The molecule has 1 rings (SSSR count). The van der Waals surface area contributed by atoms with Crippen molar-refractivity contribution in [1.29, 1.82) is 0 Å². The Kier molecular flexibility index (Phi) is 5.06. The minimum atomic E-state index is -0.961. The van der Waals surface area contributed by atoms with E-state index >= 15 is 0 Å². The fourth-order valence-corrected chi connectivity index (χ4v) is 1.46. The van der Waals surface area contributed by atoms with Crippen LogP contribution < -0.4 is 5.32 Å². The molecule has 0 saturated carbocycles. The molecule has 0 radical (unpaired) electrons. The maximum atomic E-state index is 12.0. The second-order valence-corrected chi connectivity index (χ2v) is 5.12. The molecule has 0 aliphatic carbocycles. The molecule has 1 aromatic carbocycles. The molecule has 5 nitrogen and oxygen atoms in total. The molecule has 19 heavy (non-hydrogen) atoms. The van der Waals surface area contributed by atoms with Crippen LogP contribution in [-0.2, 0) is 4.79 Å². The van der Waals surface area contributed by atoms with E-state index in [1.54, 1.807) is 45.2 Å². The molecule has 0 aliphatic rings. The molecule has 104 valence electrons. The van der Waals surface area contributed by atoms with E-state index in [0.717, 1.165) is 0 Å². The summed E-state index contributed by atoms with van der Waals surface area (Å²) in [5, 5.41) is 12.1. The lowest BCUT2D eigenvalue weighted by atomic mass is 10.1. The summed E-state index contributed by atoms with van der Waals surface area (Å²) in [6.45, 7) is 3.32. The highest BCUT2D eigenvalue weighted by Gasteiger charge is 2.17. The van der Waals surface area contributed by atoms with Gasteiger partial charge in [-0.3, -0.25) is 9.59 Å². The van der Waals surface area contributed by atoms with Crippen molar-refractivity contribution in [2.75, 3.05) is 20.1 Å². The molecule has 5 heteroatoms. The van der Waals surface area contributed by atoms with Gasteiger partial charge in [0.2, 0.25) is 5.91 Å². The Morgan fingerprint density at radius 1 is 1.26 bits per heavy atom. The molecule has 0 saturated heterocycles. The zero-order valence-electron chi connectivity index (χ0n) is 11.5. The van der Waals surface area contributed by atoms with E-state index in [0.29, 0.717) is 5.56 Å². The number of hydrogen-bond donors (Lipinski definition) is 2. The Morgan fingerprint density at radius 3 is 2.37 bits per heavy atom. The van der Waals surface area contributed by atoms with Gasteiger partial charge in [-0.25, -0.2) is 0 Å². The lowest BCUT2D eigenvalue weighted by Crippen LogP contribution is -2.43. The first kappa shape index (κ1) is 15.2. The SMILES string of the molecule is CN(CC(=O)NCC(C)(C)O)C(=O)c1ccccc1. The first-order chi connectivity index (χ1) is 8.79. The second-order valence-electron chi connectivity index (χ2n) is 5.12. The highest BCUT2D eigenvalue weighted by atomic mass is 16.3. The standard InChI is InChI=1S/C14H20N2O3/c1-14(2,19)10-15-12(17)9-16(3)13(18)11-7-5-4-6-8-11/h4-8,19H,9-10H2,1-3H3,(H,15,17). The van der Waals surface area contributed by atoms with E-state index in [1.807, 2.05) is 6.07 Å². The number of hydrogen-bond acceptors (Lipinski definition) is 3. The smallest absolute Gasteiger partial charge is 0.254 e. The van der Waals surface area contributed by atoms with Gasteiger partial charge in [-0.05, 0) is 26.0 Å². The van der Waals surface area contributed by atoms with Crippen LogP contribution in [0, 0.1) is 0 Å². The number of rotatable bonds is 5. The maximum Gasteiger partial charge on any atom is 0.254 e. The highest BCUT2D eigenvalue weighted by molar-refractivity contribution is 5.96. The zero-order chi connectivity index (χ0) is 14.5. The predicted molar refractivity (Wildman–Crippen MR) is 72.7 cm³/mol. The van der Waals surface area contributed by atoms with Crippen LogP contribution in [0.2, 0.25) is 0 Å². The fraction of sp³-hybridized carbons (Fsp3) is 0.429. The summed E-state index contributed by atoms with van der Waals surface area (Å²) >= 11 is 0. The monoisotopic (exact) mass is 264 g/mol. The molecule has 0 aromatic heterocycles. The first-order valence-corrected chi connectivity index (χ1v) is 6.09. The Hall–Kier alpha value is -1.88. The summed E-state index contributed by atoms with van der Waals surface area (Å²) in [5.41, 5.74) is -0.419. The van der Waals surface area contributed by atoms with Crippen LogP contribution in [0.4, 0.5) is 0 Å². The number of carbonyl (C=O) groups excluding carboxylic acids is 2. The first-order valence-electron chi connectivity index (χ1n) is 6.09. The van der Waals surface area contributed by atoms with Gasteiger partial charge in [0.25, 0.3) is 5.91 Å². The average molecular weight is 264 g/mol. The van der Waals surface area contributed by atoms with Crippen molar-refractivity contribution in [2.45, 2.75) is 19.4 Å². The third-order valence-corrected chi connectivity index (χ3v) is 2.47. The van der Waals surface area contributed by atoms with Crippen molar-refractivity contribution in [3.05, 3.63) is 35.9 Å². The van der Waals surface area contributed by atoms with Crippen LogP contribution in [0.5, 0.6) is 0 Å². The topological polar surface area (TPSA) is 69.6 Å². The van der Waals surface area contributed by atoms with Crippen molar-refractivity contribution < 1.29 is 14.7 Å². The average Bonchev–Trinajstić information content (AvgIpc) is 2.35. The third kappa shape index (κ3) is 5.52. The Balaban J connectivity index is 2.49. The van der Waals surface area contributed by atoms with E-state index in [9.17, 15) is 14.7 Å². The summed E-state index contributed by atoms with van der Waals surface area (Å²) in [4.78, 5) is 24.9. The molecular weight excluding hydrogens is 244 g/mol. The summed E-state index contributed by atoms with van der Waals surface area (Å²) in [5.74, 6) is -0.507. The lowest BCUT2D eigenvalue weighted by molar-refractivity contribution is -0.122. The van der Waals surface area contributed by atoms with Gasteiger partial charge in [0.05, 0.1) is 12.1 Å². The van der Waals surface area contributed by atoms with Gasteiger partial charge in [-0.15, -0.1) is 0 Å². The maximum absolute atomic E-state index is 12.0. The van der Waals surface area contributed by atoms with Crippen LogP contribution >= 0.6 is 0 Å². The zero-order valence-corrected chi connectivity index (χ0v) is 11.5. The number of aliphatic hydroxyl groups is 1. The number of likely N-dealkylation sites (N-methyl/N-ethyl adjacent to an activating group) is 1. The molecule has 0 spiro atoms. The van der Waals surface area contributed by atoms with Gasteiger partial charge in [0.1, 0.15) is 0 Å². The van der Waals surface area contributed by atoms with Crippen molar-refractivity contribution >= 4 is 11.8 Å². The van der Waals surface area contributed by atoms with Crippen LogP contribution in [0.1, 0.15) is 24.2 Å².